The van der Waals surface area contributed by atoms with Crippen LogP contribution in [0, 0.1) is 13.8 Å². The summed E-state index contributed by atoms with van der Waals surface area (Å²) in [6, 6.07) is 13.3. The van der Waals surface area contributed by atoms with Crippen LogP contribution in [0.1, 0.15) is 61.3 Å². The van der Waals surface area contributed by atoms with E-state index in [1.807, 2.05) is 43.3 Å². The predicted molar refractivity (Wildman–Crippen MR) is 126 cm³/mol. The van der Waals surface area contributed by atoms with Crippen molar-refractivity contribution in [2.75, 3.05) is 0 Å². The highest BCUT2D eigenvalue weighted by molar-refractivity contribution is 6.31. The van der Waals surface area contributed by atoms with E-state index in [0.29, 0.717) is 18.0 Å². The van der Waals surface area contributed by atoms with Crippen LogP contribution in [0.25, 0.3) is 0 Å². The van der Waals surface area contributed by atoms with Gasteiger partial charge >= 0.3 is 0 Å². The minimum absolute atomic E-state index is 0.0587. The first-order valence-electron chi connectivity index (χ1n) is 11.3. The van der Waals surface area contributed by atoms with Crippen LogP contribution < -0.4 is 5.32 Å². The van der Waals surface area contributed by atoms with Crippen LogP contribution in [0.15, 0.2) is 42.5 Å². The Labute approximate surface area is 191 Å². The average Bonchev–Trinajstić information content (AvgIpc) is 3.25. The van der Waals surface area contributed by atoms with Gasteiger partial charge in [0.05, 0.1) is 6.42 Å². The van der Waals surface area contributed by atoms with E-state index in [1.54, 1.807) is 4.90 Å². The number of hydrogen-bond donors (Lipinski definition) is 1. The average molecular weight is 441 g/mol. The summed E-state index contributed by atoms with van der Waals surface area (Å²) in [6.45, 7) is 6.39. The molecular weight excluding hydrogens is 408 g/mol. The number of carbonyl (C=O) groups is 2. The SMILES string of the molecule is CC[C@@H](C(=O)NC1CCCC1)N(Cc1ccccc1Cl)C(=O)Cc1ccc(C)c(C)c1. The lowest BCUT2D eigenvalue weighted by molar-refractivity contribution is -0.141. The predicted octanol–water partition coefficient (Wildman–Crippen LogP) is 5.37. The van der Waals surface area contributed by atoms with Crippen molar-refractivity contribution in [3.8, 4) is 0 Å². The molecule has 3 rings (SSSR count). The summed E-state index contributed by atoms with van der Waals surface area (Å²) in [4.78, 5) is 28.3. The molecule has 166 valence electrons. The third kappa shape index (κ3) is 6.10. The number of nitrogens with zero attached hydrogens (tertiary/aromatic N) is 1. The third-order valence-electron chi connectivity index (χ3n) is 6.31. The van der Waals surface area contributed by atoms with Crippen molar-refractivity contribution >= 4 is 23.4 Å². The van der Waals surface area contributed by atoms with Gasteiger partial charge in [-0.1, -0.05) is 67.8 Å². The molecule has 1 fully saturated rings. The molecule has 5 heteroatoms. The lowest BCUT2D eigenvalue weighted by Gasteiger charge is -2.32. The topological polar surface area (TPSA) is 49.4 Å². The molecule has 0 bridgehead atoms. The fraction of sp³-hybridized carbons (Fsp3) is 0.462. The maximum Gasteiger partial charge on any atom is 0.243 e. The molecule has 0 saturated heterocycles. The van der Waals surface area contributed by atoms with Crippen LogP contribution >= 0.6 is 11.6 Å². The van der Waals surface area contributed by atoms with E-state index < -0.39 is 6.04 Å². The highest BCUT2D eigenvalue weighted by Gasteiger charge is 2.31. The molecule has 0 aromatic heterocycles. The number of aryl methyl sites for hydroxylation is 2. The lowest BCUT2D eigenvalue weighted by Crippen LogP contribution is -2.51. The standard InChI is InChI=1S/C26H33ClN2O2/c1-4-24(26(31)28-22-10-6-7-11-22)29(17-21-9-5-8-12-23(21)27)25(30)16-20-14-13-18(2)19(3)15-20/h5,8-9,12-15,22,24H,4,6-7,10-11,16-17H2,1-3H3,(H,28,31)/t24-/m0/s1. The highest BCUT2D eigenvalue weighted by atomic mass is 35.5. The number of carbonyl (C=O) groups excluding carboxylic acids is 2. The Kier molecular flexibility index (Phi) is 8.14. The molecule has 2 aromatic carbocycles. The van der Waals surface area contributed by atoms with Gasteiger partial charge in [0, 0.05) is 17.6 Å². The zero-order chi connectivity index (χ0) is 22.4. The molecule has 0 radical (unpaired) electrons. The van der Waals surface area contributed by atoms with Gasteiger partial charge in [-0.15, -0.1) is 0 Å². The third-order valence-corrected chi connectivity index (χ3v) is 6.68. The summed E-state index contributed by atoms with van der Waals surface area (Å²) in [5, 5.41) is 3.79. The van der Waals surface area contributed by atoms with E-state index >= 15 is 0 Å². The smallest absolute Gasteiger partial charge is 0.243 e. The van der Waals surface area contributed by atoms with Crippen molar-refractivity contribution in [2.45, 2.75) is 77.9 Å². The maximum atomic E-state index is 13.5. The van der Waals surface area contributed by atoms with Crippen molar-refractivity contribution in [1.29, 1.82) is 0 Å². The van der Waals surface area contributed by atoms with Crippen molar-refractivity contribution in [3.05, 3.63) is 69.7 Å². The number of hydrogen-bond acceptors (Lipinski definition) is 2. The van der Waals surface area contributed by atoms with Crippen molar-refractivity contribution in [3.63, 3.8) is 0 Å². The Balaban J connectivity index is 1.84. The van der Waals surface area contributed by atoms with E-state index in [2.05, 4.69) is 25.2 Å². The van der Waals surface area contributed by atoms with E-state index in [0.717, 1.165) is 42.4 Å². The molecule has 1 aliphatic rings. The molecule has 4 nitrogen and oxygen atoms in total. The first-order valence-corrected chi connectivity index (χ1v) is 11.7. The van der Waals surface area contributed by atoms with Crippen LogP contribution in [0.2, 0.25) is 5.02 Å². The van der Waals surface area contributed by atoms with Gasteiger partial charge in [-0.3, -0.25) is 9.59 Å². The summed E-state index contributed by atoms with van der Waals surface area (Å²) in [5.74, 6) is -0.119. The Bertz CT molecular complexity index is 921. The molecular formula is C26H33ClN2O2. The minimum atomic E-state index is -0.518. The number of nitrogens with one attached hydrogen (secondary N) is 1. The fourth-order valence-corrected chi connectivity index (χ4v) is 4.48. The zero-order valence-corrected chi connectivity index (χ0v) is 19.5. The number of amides is 2. The summed E-state index contributed by atoms with van der Waals surface area (Å²) in [5.41, 5.74) is 4.17. The van der Waals surface area contributed by atoms with E-state index in [1.165, 1.54) is 5.56 Å². The molecule has 0 unspecified atom stereocenters. The Morgan fingerprint density at radius 2 is 1.81 bits per heavy atom. The normalized spacial score (nSPS) is 15.0. The van der Waals surface area contributed by atoms with Crippen molar-refractivity contribution in [1.82, 2.24) is 10.2 Å². The molecule has 1 atom stereocenters. The molecule has 1 aliphatic carbocycles. The van der Waals surface area contributed by atoms with Gasteiger partial charge in [0.25, 0.3) is 0 Å². The van der Waals surface area contributed by atoms with Crippen LogP contribution in [0.3, 0.4) is 0 Å². The Hall–Kier alpha value is -2.33. The molecule has 0 aliphatic heterocycles. The van der Waals surface area contributed by atoms with Crippen LogP contribution in [-0.2, 0) is 22.6 Å². The monoisotopic (exact) mass is 440 g/mol. The Morgan fingerprint density at radius 3 is 2.45 bits per heavy atom. The van der Waals surface area contributed by atoms with Crippen LogP contribution in [0.4, 0.5) is 0 Å². The van der Waals surface area contributed by atoms with Gasteiger partial charge in [-0.25, -0.2) is 0 Å². The molecule has 1 saturated carbocycles. The highest BCUT2D eigenvalue weighted by Crippen LogP contribution is 2.22. The summed E-state index contributed by atoms with van der Waals surface area (Å²) >= 11 is 6.40. The molecule has 0 spiro atoms. The Morgan fingerprint density at radius 1 is 1.10 bits per heavy atom. The number of benzene rings is 2. The molecule has 1 N–H and O–H groups in total. The van der Waals surface area contributed by atoms with Gasteiger partial charge in [0.2, 0.25) is 11.8 Å². The molecule has 2 amide bonds. The lowest BCUT2D eigenvalue weighted by atomic mass is 10.0. The van der Waals surface area contributed by atoms with Gasteiger partial charge < -0.3 is 10.2 Å². The second kappa shape index (κ2) is 10.8. The quantitative estimate of drug-likeness (QED) is 0.600. The summed E-state index contributed by atoms with van der Waals surface area (Å²) in [7, 11) is 0. The van der Waals surface area contributed by atoms with Crippen molar-refractivity contribution < 1.29 is 9.59 Å². The van der Waals surface area contributed by atoms with E-state index in [4.69, 9.17) is 11.6 Å². The van der Waals surface area contributed by atoms with Gasteiger partial charge in [0.1, 0.15) is 6.04 Å². The second-order valence-electron chi connectivity index (χ2n) is 8.62. The first kappa shape index (κ1) is 23.3. The maximum absolute atomic E-state index is 13.5. The minimum Gasteiger partial charge on any atom is -0.352 e. The summed E-state index contributed by atoms with van der Waals surface area (Å²) in [6.07, 6.45) is 5.15. The number of rotatable bonds is 8. The van der Waals surface area contributed by atoms with Crippen LogP contribution in [0.5, 0.6) is 0 Å². The zero-order valence-electron chi connectivity index (χ0n) is 18.8. The largest absolute Gasteiger partial charge is 0.352 e. The fourth-order valence-electron chi connectivity index (χ4n) is 4.29. The molecule has 2 aromatic rings. The van der Waals surface area contributed by atoms with E-state index in [9.17, 15) is 9.59 Å². The summed E-state index contributed by atoms with van der Waals surface area (Å²) < 4.78 is 0. The van der Waals surface area contributed by atoms with E-state index in [-0.39, 0.29) is 24.3 Å². The van der Waals surface area contributed by atoms with Crippen LogP contribution in [-0.4, -0.2) is 28.8 Å². The second-order valence-corrected chi connectivity index (χ2v) is 9.03. The molecule has 31 heavy (non-hydrogen) atoms. The van der Waals surface area contributed by atoms with Gasteiger partial charge in [0.15, 0.2) is 0 Å². The van der Waals surface area contributed by atoms with Crippen molar-refractivity contribution in [2.24, 2.45) is 0 Å². The van der Waals surface area contributed by atoms with Gasteiger partial charge in [-0.05, 0) is 61.4 Å². The molecule has 0 heterocycles. The number of halogens is 1. The first-order chi connectivity index (χ1) is 14.9. The van der Waals surface area contributed by atoms with Gasteiger partial charge in [-0.2, -0.15) is 0 Å².